The molecule has 0 fully saturated rings. The Labute approximate surface area is 138 Å². The number of alkyl halides is 6. The van der Waals surface area contributed by atoms with E-state index in [9.17, 15) is 31.1 Å². The first kappa shape index (κ1) is 20.8. The van der Waals surface area contributed by atoms with Crippen LogP contribution in [0.3, 0.4) is 0 Å². The molecule has 1 aromatic carbocycles. The first-order valence-electron chi connectivity index (χ1n) is 6.87. The van der Waals surface area contributed by atoms with Crippen molar-refractivity contribution in [3.05, 3.63) is 42.0 Å². The molecular weight excluding hydrogens is 356 g/mol. The third-order valence-corrected chi connectivity index (χ3v) is 3.54. The lowest BCUT2D eigenvalue weighted by Crippen LogP contribution is -2.60. The molecule has 0 aliphatic rings. The molecule has 0 saturated carbocycles. The lowest BCUT2D eigenvalue weighted by atomic mass is 9.77. The van der Waals surface area contributed by atoms with Gasteiger partial charge in [-0.15, -0.1) is 0 Å². The first-order chi connectivity index (χ1) is 11.5. The van der Waals surface area contributed by atoms with Gasteiger partial charge in [-0.25, -0.2) is 4.79 Å². The molecule has 0 aromatic heterocycles. The molecule has 0 aliphatic carbocycles. The van der Waals surface area contributed by atoms with E-state index in [1.54, 1.807) is 18.2 Å². The van der Waals surface area contributed by atoms with Crippen LogP contribution in [0.15, 0.2) is 36.4 Å². The van der Waals surface area contributed by atoms with Crippen molar-refractivity contribution in [2.75, 3.05) is 6.61 Å². The number of allylic oxidation sites excluding steroid dienone is 1. The maximum absolute atomic E-state index is 13.4. The molecule has 140 valence electrons. The number of nitrogens with two attached hydrogens (primary N) is 1. The third-order valence-electron chi connectivity index (χ3n) is 3.54. The van der Waals surface area contributed by atoms with Crippen LogP contribution < -0.4 is 5.73 Å². The van der Waals surface area contributed by atoms with Crippen molar-refractivity contribution >= 4 is 12.2 Å². The standard InChI is InChI=1S/C15H15F6NO3/c16-14(17,18)13(15(19,20)21,11(9-23)25-12(22)24)8-4-7-10-5-2-1-3-6-10/h1-7,11,23H,8-9H2,(H2,22,24)/b7-4+. The minimum absolute atomic E-state index is 0.372. The lowest BCUT2D eigenvalue weighted by Gasteiger charge is -2.40. The average Bonchev–Trinajstić information content (AvgIpc) is 2.48. The van der Waals surface area contributed by atoms with E-state index in [-0.39, 0.29) is 0 Å². The highest BCUT2D eigenvalue weighted by Gasteiger charge is 2.74. The molecular formula is C15H15F6NO3. The zero-order valence-corrected chi connectivity index (χ0v) is 12.6. The number of carbonyl (C=O) groups excluding carboxylic acids is 1. The lowest BCUT2D eigenvalue weighted by molar-refractivity contribution is -0.366. The molecule has 3 N–H and O–H groups in total. The zero-order valence-electron chi connectivity index (χ0n) is 12.6. The molecule has 1 aromatic rings. The van der Waals surface area contributed by atoms with Crippen LogP contribution in [0.1, 0.15) is 12.0 Å². The molecule has 0 heterocycles. The van der Waals surface area contributed by atoms with E-state index in [0.717, 1.165) is 6.08 Å². The number of primary amides is 1. The fourth-order valence-electron chi connectivity index (χ4n) is 2.27. The van der Waals surface area contributed by atoms with Gasteiger partial charge in [0.1, 0.15) is 0 Å². The van der Waals surface area contributed by atoms with Crippen molar-refractivity contribution in [2.24, 2.45) is 11.1 Å². The Kier molecular flexibility index (Phi) is 6.47. The minimum Gasteiger partial charge on any atom is -0.443 e. The van der Waals surface area contributed by atoms with E-state index in [0.29, 0.717) is 11.6 Å². The fourth-order valence-corrected chi connectivity index (χ4v) is 2.27. The highest BCUT2D eigenvalue weighted by Crippen LogP contribution is 2.56. The maximum atomic E-state index is 13.4. The number of carbonyl (C=O) groups is 1. The molecule has 1 rings (SSSR count). The van der Waals surface area contributed by atoms with E-state index in [2.05, 4.69) is 10.5 Å². The average molecular weight is 371 g/mol. The fraction of sp³-hybridized carbons (Fsp3) is 0.400. The Hall–Kier alpha value is -2.23. The van der Waals surface area contributed by atoms with Crippen LogP contribution in [0, 0.1) is 5.41 Å². The molecule has 25 heavy (non-hydrogen) atoms. The molecule has 1 unspecified atom stereocenters. The Balaban J connectivity index is 3.34. The first-order valence-corrected chi connectivity index (χ1v) is 6.87. The summed E-state index contributed by atoms with van der Waals surface area (Å²) in [5.74, 6) is 0. The van der Waals surface area contributed by atoms with Gasteiger partial charge in [-0.05, 0) is 12.0 Å². The van der Waals surface area contributed by atoms with E-state index in [1.165, 1.54) is 12.1 Å². The van der Waals surface area contributed by atoms with Gasteiger partial charge in [0.05, 0.1) is 6.61 Å². The smallest absolute Gasteiger partial charge is 0.407 e. The number of aliphatic hydroxyl groups excluding tert-OH is 1. The van der Waals surface area contributed by atoms with Crippen molar-refractivity contribution in [3.63, 3.8) is 0 Å². The molecule has 0 spiro atoms. The van der Waals surface area contributed by atoms with Crippen molar-refractivity contribution in [3.8, 4) is 0 Å². The summed E-state index contributed by atoms with van der Waals surface area (Å²) in [7, 11) is 0. The number of hydrogen-bond acceptors (Lipinski definition) is 3. The summed E-state index contributed by atoms with van der Waals surface area (Å²) in [4.78, 5) is 10.7. The van der Waals surface area contributed by atoms with E-state index < -0.39 is 43.0 Å². The molecule has 10 heteroatoms. The van der Waals surface area contributed by atoms with Gasteiger partial charge in [0.15, 0.2) is 6.10 Å². The van der Waals surface area contributed by atoms with Gasteiger partial charge in [0.2, 0.25) is 5.41 Å². The molecule has 4 nitrogen and oxygen atoms in total. The Morgan fingerprint density at radius 3 is 2.04 bits per heavy atom. The number of hydrogen-bond donors (Lipinski definition) is 2. The van der Waals surface area contributed by atoms with Crippen molar-refractivity contribution in [1.29, 1.82) is 0 Å². The number of ether oxygens (including phenoxy) is 1. The van der Waals surface area contributed by atoms with Gasteiger partial charge in [0.25, 0.3) is 0 Å². The second kappa shape index (κ2) is 7.77. The van der Waals surface area contributed by atoms with Crippen molar-refractivity contribution < 1.29 is 41.0 Å². The van der Waals surface area contributed by atoms with Crippen LogP contribution >= 0.6 is 0 Å². The van der Waals surface area contributed by atoms with Gasteiger partial charge in [-0.2, -0.15) is 26.3 Å². The number of halogens is 6. The molecule has 0 saturated heterocycles. The van der Waals surface area contributed by atoms with Gasteiger partial charge in [0, 0.05) is 0 Å². The van der Waals surface area contributed by atoms with Crippen LogP contribution in [0.25, 0.3) is 6.08 Å². The van der Waals surface area contributed by atoms with Gasteiger partial charge in [-0.3, -0.25) is 0 Å². The predicted octanol–water partition coefficient (Wildman–Crippen LogP) is 3.66. The molecule has 0 aliphatic heterocycles. The van der Waals surface area contributed by atoms with Crippen molar-refractivity contribution in [1.82, 2.24) is 0 Å². The largest absolute Gasteiger partial charge is 0.443 e. The molecule has 1 amide bonds. The Morgan fingerprint density at radius 2 is 1.64 bits per heavy atom. The summed E-state index contributed by atoms with van der Waals surface area (Å²) in [6, 6.07) is 7.67. The highest BCUT2D eigenvalue weighted by atomic mass is 19.4. The number of benzene rings is 1. The molecule has 0 radical (unpaired) electrons. The normalized spacial score (nSPS) is 14.5. The van der Waals surface area contributed by atoms with E-state index in [1.807, 2.05) is 0 Å². The summed E-state index contributed by atoms with van der Waals surface area (Å²) >= 11 is 0. The second-order valence-corrected chi connectivity index (χ2v) is 5.09. The van der Waals surface area contributed by atoms with Crippen LogP contribution in [0.4, 0.5) is 31.1 Å². The number of amides is 1. The SMILES string of the molecule is NC(=O)OC(CO)C(C/C=C/c1ccccc1)(C(F)(F)F)C(F)(F)F. The van der Waals surface area contributed by atoms with Crippen molar-refractivity contribution in [2.45, 2.75) is 24.9 Å². The van der Waals surface area contributed by atoms with Gasteiger partial charge < -0.3 is 15.6 Å². The summed E-state index contributed by atoms with van der Waals surface area (Å²) in [5, 5.41) is 9.00. The Morgan fingerprint density at radius 1 is 1.12 bits per heavy atom. The molecule has 0 bridgehead atoms. The monoisotopic (exact) mass is 371 g/mol. The van der Waals surface area contributed by atoms with Crippen LogP contribution in [0.5, 0.6) is 0 Å². The second-order valence-electron chi connectivity index (χ2n) is 5.09. The van der Waals surface area contributed by atoms with Gasteiger partial charge >= 0.3 is 18.4 Å². The number of rotatable bonds is 6. The van der Waals surface area contributed by atoms with Crippen LogP contribution in [-0.2, 0) is 4.74 Å². The topological polar surface area (TPSA) is 72.6 Å². The summed E-state index contributed by atoms with van der Waals surface area (Å²) < 4.78 is 84.3. The summed E-state index contributed by atoms with van der Waals surface area (Å²) in [5.41, 5.74) is 0.414. The molecule has 1 atom stereocenters. The minimum atomic E-state index is -5.87. The third kappa shape index (κ3) is 4.65. The highest BCUT2D eigenvalue weighted by molar-refractivity contribution is 5.65. The zero-order chi connectivity index (χ0) is 19.3. The number of aliphatic hydroxyl groups is 1. The summed E-state index contributed by atoms with van der Waals surface area (Å²) in [6.45, 7) is -1.71. The van der Waals surface area contributed by atoms with E-state index >= 15 is 0 Å². The van der Waals surface area contributed by atoms with E-state index in [4.69, 9.17) is 5.11 Å². The summed E-state index contributed by atoms with van der Waals surface area (Å²) in [6.07, 6.45) is -16.4. The maximum Gasteiger partial charge on any atom is 0.407 e. The van der Waals surface area contributed by atoms with Crippen LogP contribution in [-0.4, -0.2) is 36.3 Å². The van der Waals surface area contributed by atoms with Gasteiger partial charge in [-0.1, -0.05) is 42.5 Å². The quantitative estimate of drug-likeness (QED) is 0.750. The van der Waals surface area contributed by atoms with Crippen LogP contribution in [0.2, 0.25) is 0 Å². The Bertz CT molecular complexity index is 584. The predicted molar refractivity (Wildman–Crippen MR) is 76.2 cm³/mol.